The van der Waals surface area contributed by atoms with E-state index in [0.29, 0.717) is 17.7 Å². The van der Waals surface area contributed by atoms with E-state index in [9.17, 15) is 13.6 Å². The zero-order valence-corrected chi connectivity index (χ0v) is 13.4. The van der Waals surface area contributed by atoms with Gasteiger partial charge in [0, 0.05) is 17.4 Å². The zero-order chi connectivity index (χ0) is 18.0. The second kappa shape index (κ2) is 6.63. The van der Waals surface area contributed by atoms with Crippen molar-refractivity contribution in [3.63, 3.8) is 0 Å². The number of benzene rings is 1. The molecule has 1 aromatic carbocycles. The van der Waals surface area contributed by atoms with E-state index < -0.39 is 17.7 Å². The number of hydrogen-bond acceptors (Lipinski definition) is 4. The highest BCUT2D eigenvalue weighted by molar-refractivity contribution is 5.99. The summed E-state index contributed by atoms with van der Waals surface area (Å²) in [5, 5.41) is 9.07. The van der Waals surface area contributed by atoms with Crippen LogP contribution >= 0.6 is 0 Å². The van der Waals surface area contributed by atoms with Crippen LogP contribution in [0.1, 0.15) is 11.4 Å². The van der Waals surface area contributed by atoms with Crippen LogP contribution in [0.15, 0.2) is 36.7 Å². The van der Waals surface area contributed by atoms with Gasteiger partial charge in [0.25, 0.3) is 5.95 Å². The van der Waals surface area contributed by atoms with E-state index >= 15 is 0 Å². The normalized spacial score (nSPS) is 10.6. The Kier molecular flexibility index (Phi) is 4.38. The second-order valence-electron chi connectivity index (χ2n) is 5.35. The number of rotatable bonds is 3. The highest BCUT2D eigenvalue weighted by Gasteiger charge is 2.09. The van der Waals surface area contributed by atoms with E-state index in [4.69, 9.17) is 0 Å². The maximum absolute atomic E-state index is 13.1. The van der Waals surface area contributed by atoms with Crippen molar-refractivity contribution in [3.05, 3.63) is 59.7 Å². The van der Waals surface area contributed by atoms with E-state index in [1.54, 1.807) is 4.68 Å². The smallest absolute Gasteiger partial charge is 0.308 e. The van der Waals surface area contributed by atoms with Gasteiger partial charge in [-0.1, -0.05) is 0 Å². The molecule has 0 bridgehead atoms. The molecule has 2 N–H and O–H groups in total. The number of amides is 2. The number of carbonyl (C=O) groups excluding carboxylic acids is 1. The SMILES string of the molecule is Cc1cc(C)n(-c2ncc(NC(=O)Nc3cc(F)cc(F)c3)cn2)n1. The fourth-order valence-electron chi connectivity index (χ4n) is 2.25. The van der Waals surface area contributed by atoms with Crippen LogP contribution in [0.3, 0.4) is 0 Å². The molecule has 3 aromatic rings. The molecule has 0 aliphatic carbocycles. The lowest BCUT2D eigenvalue weighted by Crippen LogP contribution is -2.20. The molecule has 9 heteroatoms. The lowest BCUT2D eigenvalue weighted by atomic mass is 10.3. The molecule has 7 nitrogen and oxygen atoms in total. The Bertz CT molecular complexity index is 903. The van der Waals surface area contributed by atoms with Gasteiger partial charge in [0.1, 0.15) is 11.6 Å². The summed E-state index contributed by atoms with van der Waals surface area (Å²) in [6, 6.07) is 3.94. The second-order valence-corrected chi connectivity index (χ2v) is 5.35. The summed E-state index contributed by atoms with van der Waals surface area (Å²) in [5.74, 6) is -1.20. The molecule has 0 fully saturated rings. The predicted octanol–water partition coefficient (Wildman–Crippen LogP) is 3.20. The zero-order valence-electron chi connectivity index (χ0n) is 13.4. The number of urea groups is 1. The minimum Gasteiger partial charge on any atom is -0.308 e. The lowest BCUT2D eigenvalue weighted by Gasteiger charge is -2.08. The van der Waals surface area contributed by atoms with Gasteiger partial charge in [0.05, 0.1) is 23.8 Å². The van der Waals surface area contributed by atoms with Gasteiger partial charge >= 0.3 is 6.03 Å². The lowest BCUT2D eigenvalue weighted by molar-refractivity contribution is 0.262. The molecule has 0 spiro atoms. The van der Waals surface area contributed by atoms with Gasteiger partial charge in [-0.3, -0.25) is 0 Å². The Labute approximate surface area is 141 Å². The van der Waals surface area contributed by atoms with Crippen LogP contribution in [-0.2, 0) is 0 Å². The van der Waals surface area contributed by atoms with Gasteiger partial charge < -0.3 is 10.6 Å². The maximum Gasteiger partial charge on any atom is 0.323 e. The van der Waals surface area contributed by atoms with Gasteiger partial charge in [0.2, 0.25) is 0 Å². The molecule has 0 saturated heterocycles. The number of aromatic nitrogens is 4. The number of anilines is 2. The molecule has 0 saturated carbocycles. The molecule has 128 valence electrons. The molecule has 2 heterocycles. The Morgan fingerprint density at radius 2 is 1.56 bits per heavy atom. The first-order valence-corrected chi connectivity index (χ1v) is 7.30. The van der Waals surface area contributed by atoms with E-state index in [2.05, 4.69) is 25.7 Å². The van der Waals surface area contributed by atoms with Crippen molar-refractivity contribution in [2.45, 2.75) is 13.8 Å². The first-order chi connectivity index (χ1) is 11.9. The number of carbonyl (C=O) groups is 1. The molecule has 25 heavy (non-hydrogen) atoms. The summed E-state index contributed by atoms with van der Waals surface area (Å²) >= 11 is 0. The summed E-state index contributed by atoms with van der Waals surface area (Å²) in [7, 11) is 0. The predicted molar refractivity (Wildman–Crippen MR) is 87.6 cm³/mol. The van der Waals surface area contributed by atoms with Gasteiger partial charge in [0.15, 0.2) is 0 Å². The van der Waals surface area contributed by atoms with Crippen LogP contribution in [0, 0.1) is 25.5 Å². The Balaban J connectivity index is 1.68. The number of aryl methyl sites for hydroxylation is 2. The van der Waals surface area contributed by atoms with Crippen molar-refractivity contribution in [2.24, 2.45) is 0 Å². The van der Waals surface area contributed by atoms with Crippen molar-refractivity contribution in [2.75, 3.05) is 10.6 Å². The minimum atomic E-state index is -0.784. The third-order valence-corrected chi connectivity index (χ3v) is 3.22. The average molecular weight is 344 g/mol. The van der Waals surface area contributed by atoms with Crippen LogP contribution in [0.4, 0.5) is 25.0 Å². The standard InChI is InChI=1S/C16H14F2N6O/c1-9-3-10(2)24(23-9)15-19-7-14(8-20-15)22-16(25)21-13-5-11(17)4-12(18)6-13/h3-8H,1-2H3,(H2,21,22,25). The highest BCUT2D eigenvalue weighted by Crippen LogP contribution is 2.14. The summed E-state index contributed by atoms with van der Waals surface area (Å²) in [5.41, 5.74) is 2.03. The average Bonchev–Trinajstić information content (AvgIpc) is 2.85. The summed E-state index contributed by atoms with van der Waals surface area (Å²) in [6.07, 6.45) is 2.81. The maximum atomic E-state index is 13.1. The van der Waals surface area contributed by atoms with E-state index in [0.717, 1.165) is 23.5 Å². The van der Waals surface area contributed by atoms with Crippen molar-refractivity contribution in [1.29, 1.82) is 0 Å². The van der Waals surface area contributed by atoms with Crippen LogP contribution in [0.2, 0.25) is 0 Å². The van der Waals surface area contributed by atoms with E-state index in [-0.39, 0.29) is 5.69 Å². The fraction of sp³-hybridized carbons (Fsp3) is 0.125. The Morgan fingerprint density at radius 1 is 0.960 bits per heavy atom. The van der Waals surface area contributed by atoms with E-state index in [1.807, 2.05) is 19.9 Å². The van der Waals surface area contributed by atoms with Gasteiger partial charge in [-0.2, -0.15) is 5.10 Å². The summed E-state index contributed by atoms with van der Waals surface area (Å²) < 4.78 is 27.8. The molecule has 2 aromatic heterocycles. The van der Waals surface area contributed by atoms with Crippen LogP contribution in [-0.4, -0.2) is 25.8 Å². The van der Waals surface area contributed by atoms with E-state index in [1.165, 1.54) is 12.4 Å². The molecule has 0 aliphatic heterocycles. The summed E-state index contributed by atoms with van der Waals surface area (Å²) in [6.45, 7) is 3.74. The molecule has 3 rings (SSSR count). The van der Waals surface area contributed by atoms with Crippen LogP contribution in [0.5, 0.6) is 0 Å². The number of nitrogens with one attached hydrogen (secondary N) is 2. The Morgan fingerprint density at radius 3 is 2.12 bits per heavy atom. The van der Waals surface area contributed by atoms with Gasteiger partial charge in [-0.05, 0) is 32.0 Å². The molecular weight excluding hydrogens is 330 g/mol. The molecular formula is C16H14F2N6O. The monoisotopic (exact) mass is 344 g/mol. The largest absolute Gasteiger partial charge is 0.323 e. The summed E-state index contributed by atoms with van der Waals surface area (Å²) in [4.78, 5) is 20.2. The van der Waals surface area contributed by atoms with Crippen molar-refractivity contribution in [3.8, 4) is 5.95 Å². The van der Waals surface area contributed by atoms with Crippen molar-refractivity contribution < 1.29 is 13.6 Å². The number of nitrogens with zero attached hydrogens (tertiary/aromatic N) is 4. The fourth-order valence-corrected chi connectivity index (χ4v) is 2.25. The molecule has 0 radical (unpaired) electrons. The third-order valence-electron chi connectivity index (χ3n) is 3.22. The van der Waals surface area contributed by atoms with Crippen LogP contribution < -0.4 is 10.6 Å². The molecule has 0 aliphatic rings. The van der Waals surface area contributed by atoms with Crippen LogP contribution in [0.25, 0.3) is 5.95 Å². The number of halogens is 2. The quantitative estimate of drug-likeness (QED) is 0.764. The van der Waals surface area contributed by atoms with Crippen molar-refractivity contribution in [1.82, 2.24) is 19.7 Å². The van der Waals surface area contributed by atoms with Crippen molar-refractivity contribution >= 4 is 17.4 Å². The minimum absolute atomic E-state index is 0.00446. The highest BCUT2D eigenvalue weighted by atomic mass is 19.1. The Hall–Kier alpha value is -3.36. The first kappa shape index (κ1) is 16.5. The van der Waals surface area contributed by atoms with Gasteiger partial charge in [-0.25, -0.2) is 28.2 Å². The molecule has 0 unspecified atom stereocenters. The van der Waals surface area contributed by atoms with Gasteiger partial charge in [-0.15, -0.1) is 0 Å². The molecule has 0 atom stereocenters. The topological polar surface area (TPSA) is 84.7 Å². The first-order valence-electron chi connectivity index (χ1n) is 7.30. The number of hydrogen-bond donors (Lipinski definition) is 2. The third kappa shape index (κ3) is 3.94. The molecule has 2 amide bonds.